The van der Waals surface area contributed by atoms with Gasteiger partial charge in [-0.2, -0.15) is 4.31 Å². The molecule has 1 saturated heterocycles. The van der Waals surface area contributed by atoms with Crippen molar-refractivity contribution >= 4 is 21.4 Å². The maximum atomic E-state index is 12.8. The predicted octanol–water partition coefficient (Wildman–Crippen LogP) is 3.03. The predicted molar refractivity (Wildman–Crippen MR) is 84.1 cm³/mol. The molecule has 1 aromatic rings. The zero-order valence-corrected chi connectivity index (χ0v) is 14.3. The number of methoxy groups -OCH3 is 1. The summed E-state index contributed by atoms with van der Waals surface area (Å²) in [5.74, 6) is 0. The summed E-state index contributed by atoms with van der Waals surface area (Å²) in [5.41, 5.74) is 0.0341. The quantitative estimate of drug-likeness (QED) is 0.856. The molecule has 1 spiro atoms. The van der Waals surface area contributed by atoms with Crippen LogP contribution in [0, 0.1) is 12.3 Å². The van der Waals surface area contributed by atoms with E-state index in [4.69, 9.17) is 4.74 Å². The van der Waals surface area contributed by atoms with Gasteiger partial charge in [-0.1, -0.05) is 6.42 Å². The number of sulfonamides is 1. The SMILES string of the molecule is CO[C@@H]1CCC[C@]12CCCN(S(=O)(=O)c1ccc(C)s1)C2. The maximum absolute atomic E-state index is 12.8. The van der Waals surface area contributed by atoms with Crippen LogP contribution in [0.25, 0.3) is 0 Å². The Hall–Kier alpha value is -0.430. The number of thiophene rings is 1. The van der Waals surface area contributed by atoms with Gasteiger partial charge >= 0.3 is 0 Å². The summed E-state index contributed by atoms with van der Waals surface area (Å²) >= 11 is 1.36. The molecule has 1 aromatic heterocycles. The first-order valence-corrected chi connectivity index (χ1v) is 9.83. The minimum Gasteiger partial charge on any atom is -0.381 e. The van der Waals surface area contributed by atoms with Gasteiger partial charge in [0.15, 0.2) is 0 Å². The van der Waals surface area contributed by atoms with Crippen molar-refractivity contribution in [3.63, 3.8) is 0 Å². The summed E-state index contributed by atoms with van der Waals surface area (Å²) in [6, 6.07) is 3.61. The van der Waals surface area contributed by atoms with Crippen molar-refractivity contribution < 1.29 is 13.2 Å². The third-order valence-electron chi connectivity index (χ3n) is 4.99. The molecule has 2 atom stereocenters. The molecule has 1 aliphatic carbocycles. The molecular weight excluding hydrogens is 306 g/mol. The molecule has 0 amide bonds. The third kappa shape index (κ3) is 2.67. The van der Waals surface area contributed by atoms with Gasteiger partial charge in [-0.25, -0.2) is 8.42 Å². The Balaban J connectivity index is 1.86. The van der Waals surface area contributed by atoms with E-state index in [-0.39, 0.29) is 11.5 Å². The number of hydrogen-bond donors (Lipinski definition) is 0. The fourth-order valence-corrected chi connectivity index (χ4v) is 6.95. The van der Waals surface area contributed by atoms with Gasteiger partial charge in [-0.3, -0.25) is 0 Å². The fourth-order valence-electron chi connectivity index (χ4n) is 3.94. The maximum Gasteiger partial charge on any atom is 0.252 e. The molecule has 1 saturated carbocycles. The monoisotopic (exact) mass is 329 g/mol. The van der Waals surface area contributed by atoms with Crippen molar-refractivity contribution in [2.75, 3.05) is 20.2 Å². The molecule has 0 N–H and O–H groups in total. The van der Waals surface area contributed by atoms with Gasteiger partial charge in [-0.05, 0) is 44.7 Å². The Morgan fingerprint density at radius 3 is 2.76 bits per heavy atom. The van der Waals surface area contributed by atoms with Crippen LogP contribution in [-0.4, -0.2) is 39.0 Å². The first-order valence-electron chi connectivity index (χ1n) is 7.57. The van der Waals surface area contributed by atoms with Gasteiger partial charge in [0, 0.05) is 30.5 Å². The molecule has 0 radical (unpaired) electrons. The molecular formula is C15H23NO3S2. The van der Waals surface area contributed by atoms with E-state index >= 15 is 0 Å². The number of aryl methyl sites for hydroxylation is 1. The second-order valence-corrected chi connectivity index (χ2v) is 9.74. The minimum atomic E-state index is -3.34. The molecule has 2 aliphatic rings. The van der Waals surface area contributed by atoms with Gasteiger partial charge < -0.3 is 4.74 Å². The highest BCUT2D eigenvalue weighted by molar-refractivity contribution is 7.91. The highest BCUT2D eigenvalue weighted by atomic mass is 32.2. The molecule has 118 valence electrons. The van der Waals surface area contributed by atoms with Crippen molar-refractivity contribution in [1.82, 2.24) is 4.31 Å². The van der Waals surface area contributed by atoms with Crippen LogP contribution < -0.4 is 0 Å². The topological polar surface area (TPSA) is 46.6 Å². The van der Waals surface area contributed by atoms with Crippen LogP contribution in [-0.2, 0) is 14.8 Å². The van der Waals surface area contributed by atoms with Crippen molar-refractivity contribution in [2.24, 2.45) is 5.41 Å². The molecule has 1 aliphatic heterocycles. The normalized spacial score (nSPS) is 31.0. The van der Waals surface area contributed by atoms with Crippen molar-refractivity contribution in [2.45, 2.75) is 49.3 Å². The highest BCUT2D eigenvalue weighted by Gasteiger charge is 2.48. The lowest BCUT2D eigenvalue weighted by atomic mass is 9.77. The largest absolute Gasteiger partial charge is 0.381 e. The summed E-state index contributed by atoms with van der Waals surface area (Å²) in [6.45, 7) is 3.20. The summed E-state index contributed by atoms with van der Waals surface area (Å²) in [6.07, 6.45) is 5.51. The zero-order chi connectivity index (χ0) is 15.1. The number of rotatable bonds is 3. The van der Waals surface area contributed by atoms with Crippen LogP contribution >= 0.6 is 11.3 Å². The number of ether oxygens (including phenoxy) is 1. The molecule has 21 heavy (non-hydrogen) atoms. The van der Waals surface area contributed by atoms with Crippen molar-refractivity contribution in [3.8, 4) is 0 Å². The fraction of sp³-hybridized carbons (Fsp3) is 0.733. The smallest absolute Gasteiger partial charge is 0.252 e. The van der Waals surface area contributed by atoms with Gasteiger partial charge in [0.1, 0.15) is 4.21 Å². The van der Waals surface area contributed by atoms with Crippen LogP contribution in [0.1, 0.15) is 37.0 Å². The molecule has 6 heteroatoms. The Kier molecular flexibility index (Phi) is 4.16. The summed E-state index contributed by atoms with van der Waals surface area (Å²) in [5, 5.41) is 0. The first-order chi connectivity index (χ1) is 9.98. The standard InChI is InChI=1S/C15H23NO3S2/c1-12-6-7-14(20-12)21(17,18)16-10-4-9-15(11-16)8-3-5-13(15)19-2/h6-7,13H,3-5,8-11H2,1-2H3/t13-,15-/m1/s1. The van der Waals surface area contributed by atoms with Gasteiger partial charge in [0.2, 0.25) is 0 Å². The van der Waals surface area contributed by atoms with E-state index in [0.717, 1.165) is 37.0 Å². The second kappa shape index (κ2) is 5.65. The van der Waals surface area contributed by atoms with E-state index in [1.165, 1.54) is 11.3 Å². The number of hydrogen-bond acceptors (Lipinski definition) is 4. The summed E-state index contributed by atoms with van der Waals surface area (Å²) < 4.78 is 33.5. The Morgan fingerprint density at radius 2 is 2.10 bits per heavy atom. The van der Waals surface area contributed by atoms with Crippen LogP contribution in [0.4, 0.5) is 0 Å². The van der Waals surface area contributed by atoms with Gasteiger partial charge in [0.25, 0.3) is 10.0 Å². The van der Waals surface area contributed by atoms with E-state index in [9.17, 15) is 8.42 Å². The van der Waals surface area contributed by atoms with Gasteiger partial charge in [0.05, 0.1) is 6.10 Å². The third-order valence-corrected chi connectivity index (χ3v) is 8.31. The van der Waals surface area contributed by atoms with Crippen LogP contribution in [0.3, 0.4) is 0 Å². The second-order valence-electron chi connectivity index (χ2n) is 6.29. The zero-order valence-electron chi connectivity index (χ0n) is 12.7. The van der Waals surface area contributed by atoms with E-state index in [0.29, 0.717) is 17.3 Å². The first kappa shape index (κ1) is 15.5. The Bertz CT molecular complexity index is 610. The van der Waals surface area contributed by atoms with E-state index in [1.807, 2.05) is 13.0 Å². The highest BCUT2D eigenvalue weighted by Crippen LogP contribution is 2.47. The molecule has 3 rings (SSSR count). The average Bonchev–Trinajstić information content (AvgIpc) is 3.06. The van der Waals surface area contributed by atoms with Crippen molar-refractivity contribution in [3.05, 3.63) is 17.0 Å². The minimum absolute atomic E-state index is 0.0341. The van der Waals surface area contributed by atoms with Gasteiger partial charge in [-0.15, -0.1) is 11.3 Å². The molecule has 0 unspecified atom stereocenters. The Labute approximate surface area is 131 Å². The van der Waals surface area contributed by atoms with Crippen LogP contribution in [0.15, 0.2) is 16.3 Å². The molecule has 2 fully saturated rings. The molecule has 2 heterocycles. The molecule has 0 aromatic carbocycles. The van der Waals surface area contributed by atoms with E-state index in [2.05, 4.69) is 0 Å². The van der Waals surface area contributed by atoms with E-state index < -0.39 is 10.0 Å². The molecule has 0 bridgehead atoms. The summed E-state index contributed by atoms with van der Waals surface area (Å²) in [4.78, 5) is 1.04. The average molecular weight is 329 g/mol. The van der Waals surface area contributed by atoms with Crippen molar-refractivity contribution in [1.29, 1.82) is 0 Å². The molecule has 4 nitrogen and oxygen atoms in total. The summed E-state index contributed by atoms with van der Waals surface area (Å²) in [7, 11) is -1.58. The Morgan fingerprint density at radius 1 is 1.33 bits per heavy atom. The lowest BCUT2D eigenvalue weighted by molar-refractivity contribution is -0.0184. The van der Waals surface area contributed by atoms with Crippen LogP contribution in [0.2, 0.25) is 0 Å². The number of piperidine rings is 1. The van der Waals surface area contributed by atoms with Crippen LogP contribution in [0.5, 0.6) is 0 Å². The lowest BCUT2D eigenvalue weighted by Gasteiger charge is -2.42. The lowest BCUT2D eigenvalue weighted by Crippen LogP contribution is -2.49. The van der Waals surface area contributed by atoms with E-state index in [1.54, 1.807) is 17.5 Å². The number of nitrogens with zero attached hydrogens (tertiary/aromatic N) is 1.